The Morgan fingerprint density at radius 3 is 2.70 bits per heavy atom. The van der Waals surface area contributed by atoms with Gasteiger partial charge < -0.3 is 15.7 Å². The molecule has 1 aliphatic carbocycles. The van der Waals surface area contributed by atoms with Crippen LogP contribution in [0.15, 0.2) is 24.3 Å². The zero-order valence-electron chi connectivity index (χ0n) is 11.4. The first-order chi connectivity index (χ1) is 9.65. The monoisotopic (exact) mass is 276 g/mol. The molecule has 3 N–H and O–H groups in total. The van der Waals surface area contributed by atoms with Crippen LogP contribution in [0.3, 0.4) is 0 Å². The van der Waals surface area contributed by atoms with Crippen molar-refractivity contribution < 1.29 is 14.7 Å². The SMILES string of the molecule is O=C(CNCC1CCCC1)Nc1cccc(C(=O)O)c1. The van der Waals surface area contributed by atoms with Gasteiger partial charge in [-0.25, -0.2) is 4.79 Å². The average Bonchev–Trinajstić information content (AvgIpc) is 2.92. The second-order valence-corrected chi connectivity index (χ2v) is 5.22. The number of hydrogen-bond acceptors (Lipinski definition) is 3. The third-order valence-corrected chi connectivity index (χ3v) is 3.59. The number of anilines is 1. The van der Waals surface area contributed by atoms with Crippen LogP contribution in [0.25, 0.3) is 0 Å². The van der Waals surface area contributed by atoms with Crippen LogP contribution in [-0.4, -0.2) is 30.1 Å². The highest BCUT2D eigenvalue weighted by atomic mass is 16.4. The van der Waals surface area contributed by atoms with E-state index in [1.54, 1.807) is 12.1 Å². The fraction of sp³-hybridized carbons (Fsp3) is 0.467. The van der Waals surface area contributed by atoms with Crippen LogP contribution in [0.1, 0.15) is 36.0 Å². The van der Waals surface area contributed by atoms with E-state index >= 15 is 0 Å². The van der Waals surface area contributed by atoms with Crippen molar-refractivity contribution in [3.05, 3.63) is 29.8 Å². The lowest BCUT2D eigenvalue weighted by atomic mass is 10.1. The van der Waals surface area contributed by atoms with E-state index in [9.17, 15) is 9.59 Å². The molecule has 0 spiro atoms. The number of carboxylic acids is 1. The van der Waals surface area contributed by atoms with Crippen molar-refractivity contribution >= 4 is 17.6 Å². The second-order valence-electron chi connectivity index (χ2n) is 5.22. The highest BCUT2D eigenvalue weighted by Gasteiger charge is 2.14. The molecule has 1 aromatic carbocycles. The molecule has 0 saturated heterocycles. The number of nitrogens with one attached hydrogen (secondary N) is 2. The normalized spacial score (nSPS) is 15.2. The minimum atomic E-state index is -1.000. The highest BCUT2D eigenvalue weighted by molar-refractivity contribution is 5.94. The first-order valence-electron chi connectivity index (χ1n) is 6.99. The van der Waals surface area contributed by atoms with Gasteiger partial charge in [0.1, 0.15) is 0 Å². The van der Waals surface area contributed by atoms with Crippen LogP contribution in [-0.2, 0) is 4.79 Å². The first kappa shape index (κ1) is 14.5. The lowest BCUT2D eigenvalue weighted by molar-refractivity contribution is -0.115. The molecule has 1 fully saturated rings. The third-order valence-electron chi connectivity index (χ3n) is 3.59. The van der Waals surface area contributed by atoms with Crippen molar-refractivity contribution in [1.82, 2.24) is 5.32 Å². The van der Waals surface area contributed by atoms with E-state index in [0.717, 1.165) is 6.54 Å². The van der Waals surface area contributed by atoms with Crippen LogP contribution in [0.2, 0.25) is 0 Å². The fourth-order valence-corrected chi connectivity index (χ4v) is 2.54. The first-order valence-corrected chi connectivity index (χ1v) is 6.99. The minimum Gasteiger partial charge on any atom is -0.478 e. The molecular formula is C15H20N2O3. The van der Waals surface area contributed by atoms with Crippen molar-refractivity contribution in [2.24, 2.45) is 5.92 Å². The van der Waals surface area contributed by atoms with Crippen LogP contribution in [0.4, 0.5) is 5.69 Å². The number of carbonyl (C=O) groups excluding carboxylic acids is 1. The fourth-order valence-electron chi connectivity index (χ4n) is 2.54. The summed E-state index contributed by atoms with van der Waals surface area (Å²) in [5.41, 5.74) is 0.680. The van der Waals surface area contributed by atoms with Gasteiger partial charge in [-0.3, -0.25) is 4.79 Å². The number of carbonyl (C=O) groups is 2. The average molecular weight is 276 g/mol. The molecule has 0 atom stereocenters. The quantitative estimate of drug-likeness (QED) is 0.743. The maximum absolute atomic E-state index is 11.7. The molecule has 2 rings (SSSR count). The van der Waals surface area contributed by atoms with Gasteiger partial charge in [-0.2, -0.15) is 0 Å². The Hall–Kier alpha value is -1.88. The largest absolute Gasteiger partial charge is 0.478 e. The van der Waals surface area contributed by atoms with Crippen molar-refractivity contribution in [3.8, 4) is 0 Å². The molecule has 0 aliphatic heterocycles. The predicted octanol–water partition coefficient (Wildman–Crippen LogP) is 2.10. The van der Waals surface area contributed by atoms with Gasteiger partial charge in [-0.1, -0.05) is 18.9 Å². The molecule has 0 bridgehead atoms. The molecule has 108 valence electrons. The summed E-state index contributed by atoms with van der Waals surface area (Å²) < 4.78 is 0. The van der Waals surface area contributed by atoms with Crippen LogP contribution in [0, 0.1) is 5.92 Å². The molecule has 0 heterocycles. The molecule has 0 aromatic heterocycles. The number of benzene rings is 1. The summed E-state index contributed by atoms with van der Waals surface area (Å²) in [6.45, 7) is 1.14. The van der Waals surface area contributed by atoms with Crippen LogP contribution >= 0.6 is 0 Å². The van der Waals surface area contributed by atoms with Gasteiger partial charge >= 0.3 is 5.97 Å². The molecule has 1 saturated carbocycles. The summed E-state index contributed by atoms with van der Waals surface area (Å²) in [6.07, 6.45) is 5.07. The molecule has 20 heavy (non-hydrogen) atoms. The Bertz CT molecular complexity index is 482. The number of carboxylic acid groups (broad SMARTS) is 1. The van der Waals surface area contributed by atoms with E-state index in [-0.39, 0.29) is 18.0 Å². The molecule has 0 unspecified atom stereocenters. The van der Waals surface area contributed by atoms with E-state index in [1.165, 1.54) is 37.8 Å². The Kier molecular flexibility index (Phi) is 5.12. The molecule has 5 nitrogen and oxygen atoms in total. The van der Waals surface area contributed by atoms with Crippen molar-refractivity contribution in [2.45, 2.75) is 25.7 Å². The smallest absolute Gasteiger partial charge is 0.335 e. The minimum absolute atomic E-state index is 0.148. The van der Waals surface area contributed by atoms with Crippen molar-refractivity contribution in [1.29, 1.82) is 0 Å². The van der Waals surface area contributed by atoms with Gasteiger partial charge in [-0.05, 0) is 43.5 Å². The highest BCUT2D eigenvalue weighted by Crippen LogP contribution is 2.23. The maximum Gasteiger partial charge on any atom is 0.335 e. The van der Waals surface area contributed by atoms with Crippen molar-refractivity contribution in [2.75, 3.05) is 18.4 Å². The summed E-state index contributed by atoms with van der Waals surface area (Å²) in [6, 6.07) is 6.25. The molecule has 1 aliphatic rings. The number of hydrogen-bond donors (Lipinski definition) is 3. The van der Waals surface area contributed by atoms with Crippen molar-refractivity contribution in [3.63, 3.8) is 0 Å². The van der Waals surface area contributed by atoms with Gasteiger partial charge in [0.15, 0.2) is 0 Å². The van der Waals surface area contributed by atoms with Gasteiger partial charge in [0, 0.05) is 5.69 Å². The van der Waals surface area contributed by atoms with E-state index in [2.05, 4.69) is 10.6 Å². The van der Waals surface area contributed by atoms with E-state index in [4.69, 9.17) is 5.11 Å². The zero-order chi connectivity index (χ0) is 14.4. The van der Waals surface area contributed by atoms with E-state index < -0.39 is 5.97 Å². The number of aromatic carboxylic acids is 1. The summed E-state index contributed by atoms with van der Waals surface area (Å²) in [7, 11) is 0. The summed E-state index contributed by atoms with van der Waals surface area (Å²) in [5, 5.41) is 14.7. The molecule has 5 heteroatoms. The van der Waals surface area contributed by atoms with Gasteiger partial charge in [0.25, 0.3) is 0 Å². The van der Waals surface area contributed by atoms with Crippen LogP contribution < -0.4 is 10.6 Å². The van der Waals surface area contributed by atoms with Crippen LogP contribution in [0.5, 0.6) is 0 Å². The lowest BCUT2D eigenvalue weighted by Gasteiger charge is -2.11. The topological polar surface area (TPSA) is 78.4 Å². The Labute approximate surface area is 118 Å². The number of rotatable bonds is 6. The van der Waals surface area contributed by atoms with E-state index in [0.29, 0.717) is 11.6 Å². The van der Waals surface area contributed by atoms with Gasteiger partial charge in [0.05, 0.1) is 12.1 Å². The molecule has 1 aromatic rings. The van der Waals surface area contributed by atoms with Gasteiger partial charge in [0.2, 0.25) is 5.91 Å². The maximum atomic E-state index is 11.7. The standard InChI is InChI=1S/C15H20N2O3/c18-14(10-16-9-11-4-1-2-5-11)17-13-7-3-6-12(8-13)15(19)20/h3,6-8,11,16H,1-2,4-5,9-10H2,(H,17,18)(H,19,20). The third kappa shape index (κ3) is 4.35. The Morgan fingerprint density at radius 2 is 2.00 bits per heavy atom. The Morgan fingerprint density at radius 1 is 1.25 bits per heavy atom. The molecular weight excluding hydrogens is 256 g/mol. The summed E-state index contributed by atoms with van der Waals surface area (Å²) in [5.74, 6) is -0.455. The summed E-state index contributed by atoms with van der Waals surface area (Å²) in [4.78, 5) is 22.6. The number of amides is 1. The second kappa shape index (κ2) is 7.05. The lowest BCUT2D eigenvalue weighted by Crippen LogP contribution is -2.31. The zero-order valence-corrected chi connectivity index (χ0v) is 11.4. The molecule has 1 amide bonds. The Balaban J connectivity index is 1.76. The summed E-state index contributed by atoms with van der Waals surface area (Å²) >= 11 is 0. The predicted molar refractivity (Wildman–Crippen MR) is 76.9 cm³/mol. The van der Waals surface area contributed by atoms with Gasteiger partial charge in [-0.15, -0.1) is 0 Å². The molecule has 0 radical (unpaired) electrons. The van der Waals surface area contributed by atoms with E-state index in [1.807, 2.05) is 0 Å².